The zero-order valence-corrected chi connectivity index (χ0v) is 9.57. The molecule has 1 unspecified atom stereocenters. The van der Waals surface area contributed by atoms with Crippen LogP contribution in [-0.4, -0.2) is 35.0 Å². The second-order valence-electron chi connectivity index (χ2n) is 3.54. The summed E-state index contributed by atoms with van der Waals surface area (Å²) < 4.78 is 0. The molecular weight excluding hydrogens is 222 g/mol. The molecule has 0 bridgehead atoms. The number of carbonyl (C=O) groups excluding carboxylic acids is 1. The second-order valence-corrected chi connectivity index (χ2v) is 3.54. The number of aldehydes is 1. The molecule has 0 radical (unpaired) electrons. The van der Waals surface area contributed by atoms with Gasteiger partial charge in [-0.25, -0.2) is 0 Å². The third-order valence-corrected chi connectivity index (χ3v) is 2.28. The Balaban J connectivity index is 2.55. The van der Waals surface area contributed by atoms with Crippen molar-refractivity contribution in [3.63, 3.8) is 0 Å². The third kappa shape index (κ3) is 4.34. The Kier molecular flexibility index (Phi) is 5.32. The van der Waals surface area contributed by atoms with E-state index in [1.54, 1.807) is 0 Å². The van der Waals surface area contributed by atoms with Crippen LogP contribution < -0.4 is 0 Å². The maximum Gasteiger partial charge on any atom is 0.323 e. The van der Waals surface area contributed by atoms with Gasteiger partial charge in [-0.1, -0.05) is 30.3 Å². The lowest BCUT2D eigenvalue weighted by molar-refractivity contribution is -0.200. The summed E-state index contributed by atoms with van der Waals surface area (Å²) in [4.78, 5) is 26.5. The minimum atomic E-state index is -1.03. The average Bonchev–Trinajstić information content (AvgIpc) is 2.34. The van der Waals surface area contributed by atoms with Crippen LogP contribution in [0.2, 0.25) is 0 Å². The monoisotopic (exact) mass is 237 g/mol. The number of nitrogens with zero attached hydrogens (tertiary/aromatic N) is 1. The lowest BCUT2D eigenvalue weighted by atomic mass is 10.2. The molecule has 0 spiro atoms. The molecule has 0 saturated carbocycles. The van der Waals surface area contributed by atoms with E-state index < -0.39 is 12.0 Å². The van der Waals surface area contributed by atoms with Crippen molar-refractivity contribution in [2.75, 3.05) is 6.54 Å². The van der Waals surface area contributed by atoms with Crippen LogP contribution in [0.5, 0.6) is 0 Å². The van der Waals surface area contributed by atoms with Gasteiger partial charge in [-0.2, -0.15) is 5.06 Å². The molecule has 92 valence electrons. The molecular formula is C12H15NO4. The molecule has 1 rings (SSSR count). The normalized spacial score (nSPS) is 12.4. The summed E-state index contributed by atoms with van der Waals surface area (Å²) in [7, 11) is 0. The number of hydrogen-bond acceptors (Lipinski definition) is 4. The fourth-order valence-electron chi connectivity index (χ4n) is 1.25. The van der Waals surface area contributed by atoms with E-state index in [-0.39, 0.29) is 13.2 Å². The van der Waals surface area contributed by atoms with Crippen LogP contribution in [0.1, 0.15) is 12.5 Å². The van der Waals surface area contributed by atoms with Gasteiger partial charge in [-0.3, -0.25) is 9.63 Å². The molecule has 0 aliphatic carbocycles. The molecule has 1 aromatic rings. The molecule has 5 heteroatoms. The minimum Gasteiger partial charge on any atom is -0.480 e. The van der Waals surface area contributed by atoms with Crippen molar-refractivity contribution in [3.05, 3.63) is 35.9 Å². The molecule has 0 heterocycles. The van der Waals surface area contributed by atoms with E-state index in [0.29, 0.717) is 6.29 Å². The predicted molar refractivity (Wildman–Crippen MR) is 61.1 cm³/mol. The first-order valence-corrected chi connectivity index (χ1v) is 5.25. The molecule has 0 aliphatic heterocycles. The summed E-state index contributed by atoms with van der Waals surface area (Å²) >= 11 is 0. The van der Waals surface area contributed by atoms with Crippen molar-refractivity contribution < 1.29 is 19.5 Å². The Morgan fingerprint density at radius 2 is 2.12 bits per heavy atom. The number of hydroxylamine groups is 2. The number of carboxylic acids is 1. The molecule has 0 amide bonds. The Labute approximate surface area is 99.6 Å². The van der Waals surface area contributed by atoms with Crippen LogP contribution in [0.25, 0.3) is 0 Å². The van der Waals surface area contributed by atoms with Crippen LogP contribution >= 0.6 is 0 Å². The van der Waals surface area contributed by atoms with E-state index in [9.17, 15) is 9.59 Å². The highest BCUT2D eigenvalue weighted by Crippen LogP contribution is 2.06. The fraction of sp³-hybridized carbons (Fsp3) is 0.333. The van der Waals surface area contributed by atoms with Crippen molar-refractivity contribution >= 4 is 12.3 Å². The molecule has 1 atom stereocenters. The summed E-state index contributed by atoms with van der Waals surface area (Å²) in [6.07, 6.45) is 0.616. The van der Waals surface area contributed by atoms with Crippen LogP contribution in [0.3, 0.4) is 0 Å². The summed E-state index contributed by atoms with van der Waals surface area (Å²) in [5, 5.41) is 9.99. The fourth-order valence-corrected chi connectivity index (χ4v) is 1.25. The first-order valence-electron chi connectivity index (χ1n) is 5.25. The van der Waals surface area contributed by atoms with Crippen molar-refractivity contribution in [2.24, 2.45) is 0 Å². The maximum absolute atomic E-state index is 10.8. The quantitative estimate of drug-likeness (QED) is 0.568. The van der Waals surface area contributed by atoms with Crippen molar-refractivity contribution in [2.45, 2.75) is 19.6 Å². The van der Waals surface area contributed by atoms with E-state index in [1.165, 1.54) is 6.92 Å². The molecule has 1 aromatic carbocycles. The summed E-state index contributed by atoms with van der Waals surface area (Å²) in [6.45, 7) is 1.64. The molecule has 1 N–H and O–H groups in total. The van der Waals surface area contributed by atoms with Gasteiger partial charge in [-0.15, -0.1) is 0 Å². The van der Waals surface area contributed by atoms with Crippen molar-refractivity contribution in [1.29, 1.82) is 0 Å². The topological polar surface area (TPSA) is 66.8 Å². The summed E-state index contributed by atoms with van der Waals surface area (Å²) in [6, 6.07) is 8.48. The van der Waals surface area contributed by atoms with Crippen molar-refractivity contribution in [1.82, 2.24) is 5.06 Å². The van der Waals surface area contributed by atoms with Gasteiger partial charge in [-0.05, 0) is 12.5 Å². The summed E-state index contributed by atoms with van der Waals surface area (Å²) in [5.41, 5.74) is 0.918. The Bertz CT molecular complexity index is 366. The largest absolute Gasteiger partial charge is 0.480 e. The maximum atomic E-state index is 10.8. The SMILES string of the molecule is CC(C(=O)O)N(CC=O)OCc1ccccc1. The molecule has 0 saturated heterocycles. The summed E-state index contributed by atoms with van der Waals surface area (Å²) in [5.74, 6) is -1.03. The van der Waals surface area contributed by atoms with E-state index in [0.717, 1.165) is 10.6 Å². The van der Waals surface area contributed by atoms with Crippen LogP contribution in [0.15, 0.2) is 30.3 Å². The van der Waals surface area contributed by atoms with Gasteiger partial charge in [0.2, 0.25) is 0 Å². The van der Waals surface area contributed by atoms with Gasteiger partial charge in [0.15, 0.2) is 0 Å². The van der Waals surface area contributed by atoms with Crippen LogP contribution in [0.4, 0.5) is 0 Å². The van der Waals surface area contributed by atoms with Crippen LogP contribution in [0, 0.1) is 0 Å². The molecule has 5 nitrogen and oxygen atoms in total. The van der Waals surface area contributed by atoms with Gasteiger partial charge >= 0.3 is 5.97 Å². The predicted octanol–water partition coefficient (Wildman–Crippen LogP) is 1.09. The second kappa shape index (κ2) is 6.78. The lowest BCUT2D eigenvalue weighted by Crippen LogP contribution is -2.39. The van der Waals surface area contributed by atoms with E-state index >= 15 is 0 Å². The molecule has 0 aromatic heterocycles. The van der Waals surface area contributed by atoms with E-state index in [1.807, 2.05) is 30.3 Å². The number of carboxylic acid groups (broad SMARTS) is 1. The Morgan fingerprint density at radius 3 is 2.65 bits per heavy atom. The van der Waals surface area contributed by atoms with E-state index in [4.69, 9.17) is 9.94 Å². The first-order chi connectivity index (χ1) is 8.15. The average molecular weight is 237 g/mol. The van der Waals surface area contributed by atoms with Gasteiger partial charge in [0.1, 0.15) is 12.3 Å². The highest BCUT2D eigenvalue weighted by molar-refractivity contribution is 5.73. The highest BCUT2D eigenvalue weighted by Gasteiger charge is 2.20. The number of aliphatic carboxylic acids is 1. The third-order valence-electron chi connectivity index (χ3n) is 2.28. The lowest BCUT2D eigenvalue weighted by Gasteiger charge is -2.23. The first kappa shape index (κ1) is 13.3. The van der Waals surface area contributed by atoms with Gasteiger partial charge < -0.3 is 9.90 Å². The minimum absolute atomic E-state index is 0.0691. The number of carbonyl (C=O) groups is 2. The Hall–Kier alpha value is -1.72. The standard InChI is InChI=1S/C12H15NO4/c1-10(12(15)16)13(7-8-14)17-9-11-5-3-2-4-6-11/h2-6,8,10H,7,9H2,1H3,(H,15,16). The zero-order chi connectivity index (χ0) is 12.7. The molecule has 17 heavy (non-hydrogen) atoms. The number of benzene rings is 1. The zero-order valence-electron chi connectivity index (χ0n) is 9.57. The molecule has 0 fully saturated rings. The van der Waals surface area contributed by atoms with Crippen molar-refractivity contribution in [3.8, 4) is 0 Å². The molecule has 0 aliphatic rings. The van der Waals surface area contributed by atoms with Gasteiger partial charge in [0.25, 0.3) is 0 Å². The Morgan fingerprint density at radius 1 is 1.47 bits per heavy atom. The number of hydrogen-bond donors (Lipinski definition) is 1. The van der Waals surface area contributed by atoms with Crippen LogP contribution in [-0.2, 0) is 21.0 Å². The highest BCUT2D eigenvalue weighted by atomic mass is 16.7. The van der Waals surface area contributed by atoms with Gasteiger partial charge in [0.05, 0.1) is 13.2 Å². The smallest absolute Gasteiger partial charge is 0.323 e. The number of rotatable bonds is 7. The van der Waals surface area contributed by atoms with E-state index in [2.05, 4.69) is 0 Å². The van der Waals surface area contributed by atoms with Gasteiger partial charge in [0, 0.05) is 0 Å².